The van der Waals surface area contributed by atoms with Crippen molar-refractivity contribution in [2.75, 3.05) is 43.2 Å². The van der Waals surface area contributed by atoms with E-state index in [0.717, 1.165) is 51.9 Å². The molecule has 0 bridgehead atoms. The Labute approximate surface area is 205 Å². The zero-order chi connectivity index (χ0) is 24.3. The van der Waals surface area contributed by atoms with Crippen molar-refractivity contribution in [3.63, 3.8) is 0 Å². The van der Waals surface area contributed by atoms with Gasteiger partial charge >= 0.3 is 0 Å². The van der Waals surface area contributed by atoms with Gasteiger partial charge in [-0.2, -0.15) is 0 Å². The van der Waals surface area contributed by atoms with Crippen LogP contribution in [0, 0.1) is 5.41 Å². The van der Waals surface area contributed by atoms with Crippen molar-refractivity contribution in [1.29, 1.82) is 0 Å². The van der Waals surface area contributed by atoms with E-state index in [1.165, 1.54) is 30.6 Å². The van der Waals surface area contributed by atoms with E-state index in [1.807, 2.05) is 12.3 Å². The second-order valence-electron chi connectivity index (χ2n) is 9.29. The number of rotatable bonds is 7. The smallest absolute Gasteiger partial charge is 0.179 e. The van der Waals surface area contributed by atoms with E-state index in [2.05, 4.69) is 41.5 Å². The molecule has 10 nitrogen and oxygen atoms in total. The first-order valence-electron chi connectivity index (χ1n) is 11.6. The largest absolute Gasteiger partial charge is 0.381 e. The molecule has 2 fully saturated rings. The third kappa shape index (κ3) is 5.75. The summed E-state index contributed by atoms with van der Waals surface area (Å²) in [6.45, 7) is 4.91. The first-order valence-corrected chi connectivity index (χ1v) is 13.5. The molecule has 0 unspecified atom stereocenters. The van der Waals surface area contributed by atoms with E-state index >= 15 is 0 Å². The maximum absolute atomic E-state index is 12.0. The molecule has 0 atom stereocenters. The summed E-state index contributed by atoms with van der Waals surface area (Å²) in [6.07, 6.45) is 9.52. The number of pyridine rings is 2. The second-order valence-corrected chi connectivity index (χ2v) is 11.3. The first-order chi connectivity index (χ1) is 16.9. The van der Waals surface area contributed by atoms with Crippen molar-refractivity contribution in [1.82, 2.24) is 24.8 Å². The van der Waals surface area contributed by atoms with Gasteiger partial charge < -0.3 is 15.4 Å². The van der Waals surface area contributed by atoms with Gasteiger partial charge in [0.2, 0.25) is 0 Å². The maximum Gasteiger partial charge on any atom is 0.179 e. The van der Waals surface area contributed by atoms with Gasteiger partial charge in [-0.25, -0.2) is 28.4 Å². The van der Waals surface area contributed by atoms with Crippen LogP contribution in [0.5, 0.6) is 0 Å². The Kier molecular flexibility index (Phi) is 6.63. The van der Waals surface area contributed by atoms with Crippen LogP contribution in [0.1, 0.15) is 24.8 Å². The monoisotopic (exact) mass is 495 g/mol. The summed E-state index contributed by atoms with van der Waals surface area (Å²) in [7, 11) is -3.44. The number of nitrogens with one attached hydrogen (secondary N) is 2. The van der Waals surface area contributed by atoms with Crippen LogP contribution in [0.25, 0.3) is 0 Å². The van der Waals surface area contributed by atoms with Crippen LogP contribution < -0.4 is 10.6 Å². The van der Waals surface area contributed by atoms with Gasteiger partial charge in [-0.05, 0) is 55.0 Å². The number of hydrogen-bond donors (Lipinski definition) is 2. The number of aromatic nitrogens is 4. The molecule has 2 N–H and O–H groups in total. The summed E-state index contributed by atoms with van der Waals surface area (Å²) in [5.74, 6) is 1.82. The highest BCUT2D eigenvalue weighted by atomic mass is 32.2. The summed E-state index contributed by atoms with van der Waals surface area (Å²) < 4.78 is 29.6. The van der Waals surface area contributed by atoms with Gasteiger partial charge in [0.05, 0.1) is 0 Å². The van der Waals surface area contributed by atoms with Gasteiger partial charge in [0.25, 0.3) is 0 Å². The van der Waals surface area contributed by atoms with E-state index in [-0.39, 0.29) is 10.7 Å². The molecule has 0 radical (unpaired) electrons. The Morgan fingerprint density at radius 3 is 2.54 bits per heavy atom. The van der Waals surface area contributed by atoms with Crippen molar-refractivity contribution < 1.29 is 13.2 Å². The zero-order valence-electron chi connectivity index (χ0n) is 19.6. The third-order valence-electron chi connectivity index (χ3n) is 6.64. The summed E-state index contributed by atoms with van der Waals surface area (Å²) in [6, 6.07) is 8.77. The molecule has 11 heteroatoms. The molecule has 5 rings (SSSR count). The van der Waals surface area contributed by atoms with Crippen LogP contribution in [0.2, 0.25) is 0 Å². The highest BCUT2D eigenvalue weighted by Crippen LogP contribution is 2.40. The minimum Gasteiger partial charge on any atom is -0.381 e. The van der Waals surface area contributed by atoms with Crippen LogP contribution in [0.3, 0.4) is 0 Å². The molecule has 5 heterocycles. The molecule has 0 aromatic carbocycles. The summed E-state index contributed by atoms with van der Waals surface area (Å²) in [5.41, 5.74) is 1.61. The van der Waals surface area contributed by atoms with Crippen LogP contribution in [-0.4, -0.2) is 65.8 Å². The van der Waals surface area contributed by atoms with Gasteiger partial charge in [0.15, 0.2) is 9.84 Å². The number of nitrogens with zero attached hydrogens (tertiary/aromatic N) is 5. The molecule has 2 saturated heterocycles. The van der Waals surface area contributed by atoms with E-state index in [1.54, 1.807) is 12.1 Å². The standard InChI is InChI=1S/C24H29N7O3S/c1-35(32,33)19-3-2-9-25-23(19)30-22-13-21(27-17-28-22)29-20-5-4-18(14-26-20)15-31-10-6-24(16-31)7-11-34-12-8-24/h2-5,9,13-14,17H,6-8,10-12,15-16H2,1H3,(H2,25,26,27,28,29,30). The molecule has 0 aliphatic carbocycles. The van der Waals surface area contributed by atoms with Crippen molar-refractivity contribution in [3.05, 3.63) is 54.6 Å². The molecular weight excluding hydrogens is 466 g/mol. The Bertz CT molecular complexity index is 1280. The summed E-state index contributed by atoms with van der Waals surface area (Å²) in [4.78, 5) is 19.7. The first kappa shape index (κ1) is 23.6. The molecule has 35 heavy (non-hydrogen) atoms. The van der Waals surface area contributed by atoms with E-state index in [4.69, 9.17) is 4.74 Å². The lowest BCUT2D eigenvalue weighted by Gasteiger charge is -2.33. The Morgan fingerprint density at radius 1 is 1.00 bits per heavy atom. The minimum absolute atomic E-state index is 0.103. The number of ether oxygens (including phenoxy) is 1. The lowest BCUT2D eigenvalue weighted by Crippen LogP contribution is -2.32. The Morgan fingerprint density at radius 2 is 1.80 bits per heavy atom. The van der Waals surface area contributed by atoms with E-state index in [0.29, 0.717) is 22.9 Å². The quantitative estimate of drug-likeness (QED) is 0.505. The predicted octanol–water partition coefficient (Wildman–Crippen LogP) is 3.16. The van der Waals surface area contributed by atoms with Crippen LogP contribution in [-0.2, 0) is 21.1 Å². The van der Waals surface area contributed by atoms with Crippen LogP contribution in [0.15, 0.2) is 53.9 Å². The minimum atomic E-state index is -3.44. The summed E-state index contributed by atoms with van der Waals surface area (Å²) in [5, 5.41) is 6.14. The molecule has 184 valence electrons. The highest BCUT2D eigenvalue weighted by Gasteiger charge is 2.39. The fraction of sp³-hybridized carbons (Fsp3) is 0.417. The van der Waals surface area contributed by atoms with Crippen molar-refractivity contribution in [3.8, 4) is 0 Å². The maximum atomic E-state index is 12.0. The fourth-order valence-corrected chi connectivity index (χ4v) is 5.54. The van der Waals surface area contributed by atoms with Crippen molar-refractivity contribution >= 4 is 33.1 Å². The molecule has 2 aliphatic rings. The Balaban J connectivity index is 1.21. The predicted molar refractivity (Wildman–Crippen MR) is 133 cm³/mol. The molecule has 3 aromatic heterocycles. The molecule has 2 aliphatic heterocycles. The average molecular weight is 496 g/mol. The van der Waals surface area contributed by atoms with Crippen molar-refractivity contribution in [2.24, 2.45) is 5.41 Å². The van der Waals surface area contributed by atoms with E-state index in [9.17, 15) is 8.42 Å². The average Bonchev–Trinajstić information content (AvgIpc) is 3.22. The Hall–Kier alpha value is -3.15. The second kappa shape index (κ2) is 9.84. The fourth-order valence-electron chi connectivity index (χ4n) is 4.76. The number of anilines is 4. The lowest BCUT2D eigenvalue weighted by molar-refractivity contribution is 0.0190. The van der Waals surface area contributed by atoms with Crippen LogP contribution in [0.4, 0.5) is 23.3 Å². The topological polar surface area (TPSA) is 122 Å². The molecule has 0 amide bonds. The van der Waals surface area contributed by atoms with Crippen molar-refractivity contribution in [2.45, 2.75) is 30.7 Å². The van der Waals surface area contributed by atoms with Gasteiger partial charge in [0.1, 0.15) is 34.5 Å². The number of sulfone groups is 1. The van der Waals surface area contributed by atoms with Gasteiger partial charge in [-0.3, -0.25) is 4.90 Å². The van der Waals surface area contributed by atoms with E-state index < -0.39 is 9.84 Å². The van der Waals surface area contributed by atoms with Crippen LogP contribution >= 0.6 is 0 Å². The highest BCUT2D eigenvalue weighted by molar-refractivity contribution is 7.90. The molecule has 0 saturated carbocycles. The zero-order valence-corrected chi connectivity index (χ0v) is 20.5. The van der Waals surface area contributed by atoms with Gasteiger partial charge in [0, 0.05) is 51.0 Å². The third-order valence-corrected chi connectivity index (χ3v) is 7.77. The molecular formula is C24H29N7O3S. The summed E-state index contributed by atoms with van der Waals surface area (Å²) >= 11 is 0. The number of hydrogen-bond acceptors (Lipinski definition) is 10. The molecule has 3 aromatic rings. The normalized spacial score (nSPS) is 18.0. The SMILES string of the molecule is CS(=O)(=O)c1cccnc1Nc1cc(Nc2ccc(CN3CCC4(CCOCC4)C3)cn2)ncn1. The van der Waals surface area contributed by atoms with Gasteiger partial charge in [-0.15, -0.1) is 0 Å². The molecule has 1 spiro atoms. The number of likely N-dealkylation sites (tertiary alicyclic amines) is 1. The van der Waals surface area contributed by atoms with Gasteiger partial charge in [-0.1, -0.05) is 6.07 Å². The lowest BCUT2D eigenvalue weighted by atomic mass is 9.80.